The lowest BCUT2D eigenvalue weighted by Gasteiger charge is -2.09. The van der Waals surface area contributed by atoms with Gasteiger partial charge in [0.2, 0.25) is 5.91 Å². The molecule has 0 fully saturated rings. The molecule has 2 aromatic carbocycles. The van der Waals surface area contributed by atoms with Gasteiger partial charge in [-0.25, -0.2) is 21.6 Å². The van der Waals surface area contributed by atoms with Crippen molar-refractivity contribution in [2.75, 3.05) is 12.0 Å². The Kier molecular flexibility index (Phi) is 6.60. The predicted molar refractivity (Wildman–Crippen MR) is 105 cm³/mol. The topological polar surface area (TPSA) is 99.7 Å². The van der Waals surface area contributed by atoms with Crippen LogP contribution in [0.4, 0.5) is 18.9 Å². The highest BCUT2D eigenvalue weighted by atomic mass is 32.2. The number of nitrogens with zero attached hydrogens (tertiary/aromatic N) is 1. The highest BCUT2D eigenvalue weighted by Crippen LogP contribution is 2.22. The highest BCUT2D eigenvalue weighted by molar-refractivity contribution is 7.90. The maximum absolute atomic E-state index is 13.5. The summed E-state index contributed by atoms with van der Waals surface area (Å²) in [7, 11) is -3.56. The van der Waals surface area contributed by atoms with E-state index in [1.165, 1.54) is 6.07 Å². The predicted octanol–water partition coefficient (Wildman–Crippen LogP) is 2.85. The van der Waals surface area contributed by atoms with Crippen molar-refractivity contribution in [2.24, 2.45) is 4.99 Å². The molecular weight excluding hydrogens is 421 g/mol. The minimum Gasteiger partial charge on any atom is -0.296 e. The van der Waals surface area contributed by atoms with Gasteiger partial charge in [0, 0.05) is 18.5 Å². The van der Waals surface area contributed by atoms with Gasteiger partial charge in [-0.15, -0.1) is 0 Å². The number of nitrogens with one attached hydrogen (secondary N) is 3. The van der Waals surface area contributed by atoms with Crippen LogP contribution in [-0.4, -0.2) is 26.7 Å². The second kappa shape index (κ2) is 9.16. The Balaban J connectivity index is 1.38. The third kappa shape index (κ3) is 4.90. The summed E-state index contributed by atoms with van der Waals surface area (Å²) in [6.45, 7) is 0.381. The fourth-order valence-electron chi connectivity index (χ4n) is 2.84. The molecule has 0 aromatic heterocycles. The van der Waals surface area contributed by atoms with E-state index in [0.717, 1.165) is 12.1 Å². The fraction of sp³-hybridized carbons (Fsp3) is 0.263. The summed E-state index contributed by atoms with van der Waals surface area (Å²) >= 11 is 0. The summed E-state index contributed by atoms with van der Waals surface area (Å²) in [5.41, 5.74) is 4.60. The van der Waals surface area contributed by atoms with E-state index in [9.17, 15) is 26.4 Å². The summed E-state index contributed by atoms with van der Waals surface area (Å²) in [5, 5.41) is 0. The molecule has 0 unspecified atom stereocenters. The third-order valence-corrected chi connectivity index (χ3v) is 5.76. The number of carbonyl (C=O) groups excluding carboxylic acids is 1. The van der Waals surface area contributed by atoms with Crippen LogP contribution < -0.4 is 15.6 Å². The summed E-state index contributed by atoms with van der Waals surface area (Å²) in [6, 6.07) is 8.29. The van der Waals surface area contributed by atoms with E-state index in [4.69, 9.17) is 0 Å². The number of halogens is 3. The van der Waals surface area contributed by atoms with Crippen LogP contribution >= 0.6 is 0 Å². The number of benzene rings is 2. The van der Waals surface area contributed by atoms with Crippen molar-refractivity contribution >= 4 is 27.5 Å². The second-order valence-corrected chi connectivity index (χ2v) is 8.19. The lowest BCUT2D eigenvalue weighted by molar-refractivity contribution is -0.120. The minimum absolute atomic E-state index is 0.129. The quantitative estimate of drug-likeness (QED) is 0.334. The summed E-state index contributed by atoms with van der Waals surface area (Å²) < 4.78 is 65.9. The number of sulfonamides is 1. The molecule has 7 nitrogen and oxygen atoms in total. The number of carbonyl (C=O) groups is 1. The fourth-order valence-corrected chi connectivity index (χ4v) is 4.09. The van der Waals surface area contributed by atoms with E-state index in [1.807, 2.05) is 0 Å². The Hall–Kier alpha value is -3.08. The summed E-state index contributed by atoms with van der Waals surface area (Å²) in [4.78, 5) is 16.2. The van der Waals surface area contributed by atoms with Gasteiger partial charge >= 0.3 is 0 Å². The second-order valence-electron chi connectivity index (χ2n) is 6.54. The number of fused-ring (bicyclic) bond motifs is 1. The SMILES string of the molecule is O=C(CCCCCN=C1NS(=O)(=O)c2ccccc21)NNc1ccc(F)c(F)c1F. The van der Waals surface area contributed by atoms with Crippen LogP contribution in [0.15, 0.2) is 46.3 Å². The molecule has 2 aromatic rings. The Morgan fingerprint density at radius 1 is 1.00 bits per heavy atom. The number of anilines is 1. The lowest BCUT2D eigenvalue weighted by Crippen LogP contribution is -2.29. The Labute approximate surface area is 171 Å². The van der Waals surface area contributed by atoms with Crippen LogP contribution in [0.5, 0.6) is 0 Å². The van der Waals surface area contributed by atoms with Crippen molar-refractivity contribution in [3.8, 4) is 0 Å². The lowest BCUT2D eigenvalue weighted by atomic mass is 10.2. The normalized spacial score (nSPS) is 15.5. The maximum atomic E-state index is 13.5. The van der Waals surface area contributed by atoms with E-state index in [-0.39, 0.29) is 17.0 Å². The number of hydrogen-bond acceptors (Lipinski definition) is 5. The van der Waals surface area contributed by atoms with Gasteiger partial charge in [0.15, 0.2) is 17.5 Å². The first kappa shape index (κ1) is 21.6. The molecule has 3 rings (SSSR count). The number of amides is 1. The van der Waals surface area contributed by atoms with E-state index < -0.39 is 33.4 Å². The Morgan fingerprint density at radius 2 is 1.77 bits per heavy atom. The number of aliphatic imine (C=N–C) groups is 1. The largest absolute Gasteiger partial charge is 0.296 e. The first-order valence-corrected chi connectivity index (χ1v) is 10.6. The number of hydrogen-bond donors (Lipinski definition) is 3. The van der Waals surface area contributed by atoms with Crippen molar-refractivity contribution in [1.82, 2.24) is 10.1 Å². The number of amidine groups is 1. The van der Waals surface area contributed by atoms with Crippen LogP contribution in [-0.2, 0) is 14.8 Å². The van der Waals surface area contributed by atoms with Crippen LogP contribution in [0.1, 0.15) is 31.2 Å². The zero-order chi connectivity index (χ0) is 21.7. The first-order chi connectivity index (χ1) is 14.3. The van der Waals surface area contributed by atoms with Gasteiger partial charge in [-0.2, -0.15) is 0 Å². The van der Waals surface area contributed by atoms with E-state index in [2.05, 4.69) is 20.6 Å². The molecule has 0 aliphatic carbocycles. The molecule has 0 bridgehead atoms. The molecule has 1 aliphatic heterocycles. The molecule has 0 saturated carbocycles. The zero-order valence-electron chi connectivity index (χ0n) is 15.7. The molecule has 1 aliphatic rings. The molecular formula is C19H19F3N4O3S. The number of rotatable bonds is 8. The minimum atomic E-state index is -3.56. The van der Waals surface area contributed by atoms with Crippen LogP contribution in [0.25, 0.3) is 0 Å². The first-order valence-electron chi connectivity index (χ1n) is 9.14. The molecule has 0 spiro atoms. The monoisotopic (exact) mass is 440 g/mol. The van der Waals surface area contributed by atoms with Crippen molar-refractivity contribution in [3.05, 3.63) is 59.4 Å². The van der Waals surface area contributed by atoms with Crippen molar-refractivity contribution in [3.63, 3.8) is 0 Å². The van der Waals surface area contributed by atoms with Gasteiger partial charge in [0.05, 0.1) is 10.6 Å². The summed E-state index contributed by atoms with van der Waals surface area (Å²) in [6.07, 6.45) is 1.93. The molecule has 0 atom stereocenters. The number of unbranched alkanes of at least 4 members (excludes halogenated alkanes) is 2. The smallest absolute Gasteiger partial charge is 0.263 e. The van der Waals surface area contributed by atoms with Gasteiger partial charge in [-0.1, -0.05) is 18.6 Å². The maximum Gasteiger partial charge on any atom is 0.263 e. The van der Waals surface area contributed by atoms with Gasteiger partial charge in [0.1, 0.15) is 5.84 Å². The third-order valence-electron chi connectivity index (χ3n) is 4.37. The molecule has 160 valence electrons. The molecule has 11 heteroatoms. The van der Waals surface area contributed by atoms with Crippen molar-refractivity contribution in [2.45, 2.75) is 30.6 Å². The Morgan fingerprint density at radius 3 is 2.57 bits per heavy atom. The van der Waals surface area contributed by atoms with Crippen molar-refractivity contribution < 1.29 is 26.4 Å². The average Bonchev–Trinajstić information content (AvgIpc) is 2.99. The van der Waals surface area contributed by atoms with Crippen LogP contribution in [0, 0.1) is 17.5 Å². The van der Waals surface area contributed by atoms with Gasteiger partial charge in [0.25, 0.3) is 10.0 Å². The molecule has 1 amide bonds. The molecule has 30 heavy (non-hydrogen) atoms. The van der Waals surface area contributed by atoms with E-state index >= 15 is 0 Å². The highest BCUT2D eigenvalue weighted by Gasteiger charge is 2.29. The van der Waals surface area contributed by atoms with E-state index in [0.29, 0.717) is 37.2 Å². The van der Waals surface area contributed by atoms with Crippen LogP contribution in [0.2, 0.25) is 0 Å². The summed E-state index contributed by atoms with van der Waals surface area (Å²) in [5.74, 6) is -4.49. The molecule has 0 radical (unpaired) electrons. The van der Waals surface area contributed by atoms with Gasteiger partial charge in [-0.3, -0.25) is 25.4 Å². The molecule has 3 N–H and O–H groups in total. The van der Waals surface area contributed by atoms with E-state index in [1.54, 1.807) is 18.2 Å². The van der Waals surface area contributed by atoms with Gasteiger partial charge in [-0.05, 0) is 37.1 Å². The van der Waals surface area contributed by atoms with Gasteiger partial charge < -0.3 is 0 Å². The van der Waals surface area contributed by atoms with Crippen LogP contribution in [0.3, 0.4) is 0 Å². The van der Waals surface area contributed by atoms with Crippen molar-refractivity contribution in [1.29, 1.82) is 0 Å². The molecule has 0 saturated heterocycles. The zero-order valence-corrected chi connectivity index (χ0v) is 16.5. The number of hydrazine groups is 1. The standard InChI is InChI=1S/C19H19F3N4O3S/c20-13-9-10-14(18(22)17(13)21)24-25-16(27)8-2-1-5-11-23-19-12-6-3-4-7-15(12)30(28,29)26-19/h3-4,6-7,9-10,24H,1-2,5,8,11H2,(H,23,26)(H,25,27). The molecule has 1 heterocycles. The average molecular weight is 440 g/mol. The Bertz CT molecular complexity index is 1090.